The maximum absolute atomic E-state index is 12.8. The largest absolute Gasteiger partial charge is 0.394 e. The van der Waals surface area contributed by atoms with E-state index in [-0.39, 0.29) is 12.5 Å². The number of hydrogen-bond acceptors (Lipinski definition) is 8. The quantitative estimate of drug-likeness (QED) is 0.0320. The van der Waals surface area contributed by atoms with Crippen LogP contribution in [0.25, 0.3) is 0 Å². The van der Waals surface area contributed by atoms with Gasteiger partial charge < -0.3 is 40.3 Å². The van der Waals surface area contributed by atoms with Gasteiger partial charge in [-0.1, -0.05) is 154 Å². The van der Waals surface area contributed by atoms with Gasteiger partial charge in [-0.3, -0.25) is 4.79 Å². The highest BCUT2D eigenvalue weighted by atomic mass is 16.7. The van der Waals surface area contributed by atoms with Gasteiger partial charge in [0.25, 0.3) is 0 Å². The van der Waals surface area contributed by atoms with Crippen LogP contribution in [0.2, 0.25) is 0 Å². The van der Waals surface area contributed by atoms with E-state index in [9.17, 15) is 30.3 Å². The first-order chi connectivity index (χ1) is 23.8. The van der Waals surface area contributed by atoms with Gasteiger partial charge in [0.1, 0.15) is 24.4 Å². The summed E-state index contributed by atoms with van der Waals surface area (Å²) in [6, 6.07) is -0.814. The van der Waals surface area contributed by atoms with E-state index in [1.165, 1.54) is 109 Å². The Labute approximate surface area is 298 Å². The van der Waals surface area contributed by atoms with Gasteiger partial charge in [0.05, 0.1) is 25.4 Å². The summed E-state index contributed by atoms with van der Waals surface area (Å²) < 4.78 is 11.1. The van der Waals surface area contributed by atoms with Gasteiger partial charge in [0, 0.05) is 6.42 Å². The molecule has 1 fully saturated rings. The van der Waals surface area contributed by atoms with Crippen molar-refractivity contribution >= 4 is 5.91 Å². The van der Waals surface area contributed by atoms with Crippen molar-refractivity contribution in [1.29, 1.82) is 0 Å². The van der Waals surface area contributed by atoms with Crippen LogP contribution in [-0.4, -0.2) is 87.5 Å². The predicted molar refractivity (Wildman–Crippen MR) is 198 cm³/mol. The Morgan fingerprint density at radius 2 is 1.16 bits per heavy atom. The van der Waals surface area contributed by atoms with E-state index < -0.39 is 49.5 Å². The lowest BCUT2D eigenvalue weighted by Gasteiger charge is -2.40. The standard InChI is InChI=1S/C40H75NO8/c1-3-5-7-9-11-13-14-15-16-17-18-19-20-22-23-25-27-29-34(43)33(32-48-40-39(47)38(46)37(45)35(31-42)49-40)41-36(44)30-28-26-24-21-12-10-8-6-4-2/h20,22,27,29,33-35,37-40,42-43,45-47H,3-19,21,23-26,28,30-32H2,1-2H3,(H,41,44)/b22-20+,29-27+. The Balaban J connectivity index is 2.44. The Kier molecular flexibility index (Phi) is 29.3. The van der Waals surface area contributed by atoms with E-state index >= 15 is 0 Å². The maximum Gasteiger partial charge on any atom is 0.220 e. The molecule has 1 amide bonds. The van der Waals surface area contributed by atoms with Crippen molar-refractivity contribution in [2.45, 2.75) is 211 Å². The molecule has 0 aromatic heterocycles. The van der Waals surface area contributed by atoms with Gasteiger partial charge in [-0.05, 0) is 32.1 Å². The average molecular weight is 698 g/mol. The molecule has 49 heavy (non-hydrogen) atoms. The average Bonchev–Trinajstić information content (AvgIpc) is 3.10. The number of amides is 1. The minimum Gasteiger partial charge on any atom is -0.394 e. The normalized spacial score (nSPS) is 22.6. The minimum atomic E-state index is -1.57. The van der Waals surface area contributed by atoms with Crippen molar-refractivity contribution in [3.05, 3.63) is 24.3 Å². The molecule has 1 aliphatic heterocycles. The number of carbonyl (C=O) groups excluding carboxylic acids is 1. The van der Waals surface area contributed by atoms with Gasteiger partial charge >= 0.3 is 0 Å². The molecule has 7 unspecified atom stereocenters. The second-order valence-electron chi connectivity index (χ2n) is 14.1. The van der Waals surface area contributed by atoms with Crippen LogP contribution in [0.15, 0.2) is 24.3 Å². The Bertz CT molecular complexity index is 822. The third-order valence-electron chi connectivity index (χ3n) is 9.53. The van der Waals surface area contributed by atoms with E-state index in [0.29, 0.717) is 6.42 Å². The van der Waals surface area contributed by atoms with E-state index in [1.54, 1.807) is 6.08 Å². The van der Waals surface area contributed by atoms with Gasteiger partial charge in [0.2, 0.25) is 5.91 Å². The molecule has 0 aromatic carbocycles. The summed E-state index contributed by atoms with van der Waals surface area (Å²) in [5, 5.41) is 53.8. The zero-order valence-corrected chi connectivity index (χ0v) is 31.2. The lowest BCUT2D eigenvalue weighted by Crippen LogP contribution is -2.60. The number of allylic oxidation sites excluding steroid dienone is 3. The van der Waals surface area contributed by atoms with Crippen LogP contribution < -0.4 is 5.32 Å². The van der Waals surface area contributed by atoms with Crippen LogP contribution in [0.3, 0.4) is 0 Å². The predicted octanol–water partition coefficient (Wildman–Crippen LogP) is 7.16. The second-order valence-corrected chi connectivity index (χ2v) is 14.1. The van der Waals surface area contributed by atoms with E-state index in [1.807, 2.05) is 6.08 Å². The first-order valence-corrected chi connectivity index (χ1v) is 20.1. The van der Waals surface area contributed by atoms with E-state index in [0.717, 1.165) is 38.5 Å². The van der Waals surface area contributed by atoms with Crippen molar-refractivity contribution in [2.75, 3.05) is 13.2 Å². The van der Waals surface area contributed by atoms with Gasteiger partial charge in [-0.25, -0.2) is 0 Å². The molecule has 288 valence electrons. The molecule has 0 saturated carbocycles. The van der Waals surface area contributed by atoms with Crippen molar-refractivity contribution in [1.82, 2.24) is 5.32 Å². The third-order valence-corrected chi connectivity index (χ3v) is 9.53. The molecule has 1 aliphatic rings. The summed E-state index contributed by atoms with van der Waals surface area (Å²) >= 11 is 0. The molecule has 0 aliphatic carbocycles. The SMILES string of the molecule is CCCCCCCCCCCCC/C=C/CC/C=C/C(O)C(COC1OC(CO)C(O)C(O)C1O)NC(=O)CCCCCCCCCCC. The molecule has 9 heteroatoms. The van der Waals surface area contributed by atoms with E-state index in [2.05, 4.69) is 31.3 Å². The molecule has 1 heterocycles. The van der Waals surface area contributed by atoms with E-state index in [4.69, 9.17) is 9.47 Å². The highest BCUT2D eigenvalue weighted by molar-refractivity contribution is 5.76. The molecule has 1 rings (SSSR count). The number of aliphatic hydroxyl groups is 5. The number of hydrogen-bond donors (Lipinski definition) is 6. The summed E-state index contributed by atoms with van der Waals surface area (Å²) in [7, 11) is 0. The van der Waals surface area contributed by atoms with Crippen LogP contribution in [0, 0.1) is 0 Å². The highest BCUT2D eigenvalue weighted by Crippen LogP contribution is 2.22. The molecule has 0 aromatic rings. The van der Waals surface area contributed by atoms with Gasteiger partial charge in [-0.2, -0.15) is 0 Å². The Morgan fingerprint density at radius 1 is 0.673 bits per heavy atom. The molecule has 0 bridgehead atoms. The van der Waals surface area contributed by atoms with Crippen LogP contribution in [0.1, 0.15) is 168 Å². The number of ether oxygens (including phenoxy) is 2. The number of unbranched alkanes of at least 4 members (excludes halogenated alkanes) is 20. The first-order valence-electron chi connectivity index (χ1n) is 20.1. The number of carbonyl (C=O) groups is 1. The number of nitrogens with one attached hydrogen (secondary N) is 1. The second kappa shape index (κ2) is 31.4. The lowest BCUT2D eigenvalue weighted by atomic mass is 9.99. The monoisotopic (exact) mass is 698 g/mol. The summed E-state index contributed by atoms with van der Waals surface area (Å²) in [6.45, 7) is 3.71. The zero-order valence-electron chi connectivity index (χ0n) is 31.2. The van der Waals surface area contributed by atoms with Crippen LogP contribution in [0.4, 0.5) is 0 Å². The fraction of sp³-hybridized carbons (Fsp3) is 0.875. The van der Waals surface area contributed by atoms with Crippen molar-refractivity contribution in [3.63, 3.8) is 0 Å². The topological polar surface area (TPSA) is 149 Å². The molecule has 9 nitrogen and oxygen atoms in total. The van der Waals surface area contributed by atoms with Gasteiger partial charge in [0.15, 0.2) is 6.29 Å². The highest BCUT2D eigenvalue weighted by Gasteiger charge is 2.44. The van der Waals surface area contributed by atoms with Gasteiger partial charge in [-0.15, -0.1) is 0 Å². The maximum atomic E-state index is 12.8. The molecular weight excluding hydrogens is 622 g/mol. The minimum absolute atomic E-state index is 0.192. The molecule has 0 radical (unpaired) electrons. The summed E-state index contributed by atoms with van der Waals surface area (Å²) in [6.07, 6.45) is 28.0. The van der Waals surface area contributed by atoms with Crippen LogP contribution in [0.5, 0.6) is 0 Å². The zero-order chi connectivity index (χ0) is 36.0. The smallest absolute Gasteiger partial charge is 0.220 e. The molecular formula is C40H75NO8. The molecule has 1 saturated heterocycles. The third kappa shape index (κ3) is 23.0. The first kappa shape index (κ1) is 45.7. The van der Waals surface area contributed by atoms with Crippen molar-refractivity contribution in [2.24, 2.45) is 0 Å². The summed E-state index contributed by atoms with van der Waals surface area (Å²) in [5.41, 5.74) is 0. The molecule has 6 N–H and O–H groups in total. The molecule has 7 atom stereocenters. The fourth-order valence-corrected chi connectivity index (χ4v) is 6.23. The number of aliphatic hydroxyl groups excluding tert-OH is 5. The Hall–Kier alpha value is -1.33. The van der Waals surface area contributed by atoms with Crippen LogP contribution >= 0.6 is 0 Å². The summed E-state index contributed by atoms with van der Waals surface area (Å²) in [5.74, 6) is -0.192. The fourth-order valence-electron chi connectivity index (χ4n) is 6.23. The molecule has 0 spiro atoms. The summed E-state index contributed by atoms with van der Waals surface area (Å²) in [4.78, 5) is 12.8. The Morgan fingerprint density at radius 3 is 1.71 bits per heavy atom. The lowest BCUT2D eigenvalue weighted by molar-refractivity contribution is -0.302. The number of rotatable bonds is 32. The van der Waals surface area contributed by atoms with Crippen LogP contribution in [-0.2, 0) is 14.3 Å². The van der Waals surface area contributed by atoms with Crippen molar-refractivity contribution < 1.29 is 39.8 Å². The van der Waals surface area contributed by atoms with Crippen molar-refractivity contribution in [3.8, 4) is 0 Å².